The van der Waals surface area contributed by atoms with Crippen LogP contribution in [-0.2, 0) is 6.54 Å². The molecule has 0 aliphatic carbocycles. The van der Waals surface area contributed by atoms with Gasteiger partial charge in [-0.1, -0.05) is 0 Å². The summed E-state index contributed by atoms with van der Waals surface area (Å²) in [7, 11) is 0. The first kappa shape index (κ1) is 13.3. The minimum atomic E-state index is 0.441. The maximum absolute atomic E-state index is 6.04. The number of aromatic nitrogens is 5. The van der Waals surface area contributed by atoms with Crippen molar-refractivity contribution < 1.29 is 0 Å². The zero-order valence-corrected chi connectivity index (χ0v) is 12.2. The number of nitrogens with zero attached hydrogens (tertiary/aromatic N) is 4. The van der Waals surface area contributed by atoms with E-state index in [1.54, 1.807) is 6.20 Å². The van der Waals surface area contributed by atoms with Crippen LogP contribution < -0.4 is 11.1 Å². The number of nitrogen functional groups attached to an aromatic ring is 1. The molecule has 7 heteroatoms. The van der Waals surface area contributed by atoms with Crippen molar-refractivity contribution in [3.63, 3.8) is 0 Å². The van der Waals surface area contributed by atoms with Crippen molar-refractivity contribution in [2.45, 2.75) is 27.3 Å². The van der Waals surface area contributed by atoms with Gasteiger partial charge in [-0.25, -0.2) is 4.98 Å². The summed E-state index contributed by atoms with van der Waals surface area (Å²) in [4.78, 5) is 13.2. The Morgan fingerprint density at radius 1 is 1.19 bits per heavy atom. The average molecular weight is 283 g/mol. The molecule has 0 spiro atoms. The Morgan fingerprint density at radius 2 is 2.00 bits per heavy atom. The van der Waals surface area contributed by atoms with Crippen LogP contribution >= 0.6 is 0 Å². The minimum absolute atomic E-state index is 0.441. The van der Waals surface area contributed by atoms with Gasteiger partial charge in [0, 0.05) is 23.5 Å². The van der Waals surface area contributed by atoms with E-state index in [1.807, 2.05) is 26.8 Å². The summed E-state index contributed by atoms with van der Waals surface area (Å²) < 4.78 is 0. The average Bonchev–Trinajstić information content (AvgIpc) is 2.80. The summed E-state index contributed by atoms with van der Waals surface area (Å²) in [5.74, 6) is 0.912. The van der Waals surface area contributed by atoms with Crippen LogP contribution in [0.5, 0.6) is 0 Å². The van der Waals surface area contributed by atoms with Gasteiger partial charge >= 0.3 is 0 Å². The lowest BCUT2D eigenvalue weighted by molar-refractivity contribution is 1.03. The Morgan fingerprint density at radius 3 is 2.71 bits per heavy atom. The van der Waals surface area contributed by atoms with Gasteiger partial charge in [-0.3, -0.25) is 5.10 Å². The normalized spacial score (nSPS) is 11.0. The number of fused-ring (bicyclic) bond motifs is 1. The van der Waals surface area contributed by atoms with Gasteiger partial charge in [0.15, 0.2) is 5.65 Å². The van der Waals surface area contributed by atoms with Gasteiger partial charge in [0.25, 0.3) is 0 Å². The Kier molecular flexibility index (Phi) is 3.17. The van der Waals surface area contributed by atoms with E-state index in [4.69, 9.17) is 5.73 Å². The predicted octanol–water partition coefficient (Wildman–Crippen LogP) is 1.87. The zero-order valence-electron chi connectivity index (χ0n) is 12.2. The van der Waals surface area contributed by atoms with Crippen molar-refractivity contribution >= 4 is 22.8 Å². The lowest BCUT2D eigenvalue weighted by Gasteiger charge is -2.09. The molecule has 108 valence electrons. The summed E-state index contributed by atoms with van der Waals surface area (Å²) in [6.07, 6.45) is 1.78. The Bertz CT molecular complexity index is 806. The van der Waals surface area contributed by atoms with Gasteiger partial charge < -0.3 is 11.1 Å². The number of H-pyrrole nitrogens is 1. The predicted molar refractivity (Wildman–Crippen MR) is 81.9 cm³/mol. The van der Waals surface area contributed by atoms with Crippen molar-refractivity contribution in [2.24, 2.45) is 0 Å². The first-order chi connectivity index (χ1) is 10.0. The van der Waals surface area contributed by atoms with Gasteiger partial charge in [0.05, 0.1) is 11.6 Å². The molecule has 0 aliphatic rings. The van der Waals surface area contributed by atoms with Crippen molar-refractivity contribution in [1.29, 1.82) is 0 Å². The molecule has 0 radical (unpaired) electrons. The van der Waals surface area contributed by atoms with E-state index in [0.29, 0.717) is 24.0 Å². The number of hydrogen-bond acceptors (Lipinski definition) is 6. The second-order valence-electron chi connectivity index (χ2n) is 5.09. The van der Waals surface area contributed by atoms with Crippen LogP contribution in [0.3, 0.4) is 0 Å². The van der Waals surface area contributed by atoms with E-state index in [1.165, 1.54) is 0 Å². The van der Waals surface area contributed by atoms with E-state index in [9.17, 15) is 0 Å². The summed E-state index contributed by atoms with van der Waals surface area (Å²) in [5, 5.41) is 10.8. The van der Waals surface area contributed by atoms with Crippen LogP contribution in [0.2, 0.25) is 0 Å². The SMILES string of the molecule is Cc1cc(C)c2c(N)nc(NCc3cn[nH]c3C)nc2n1. The Labute approximate surface area is 122 Å². The molecule has 0 aliphatic heterocycles. The van der Waals surface area contributed by atoms with Gasteiger partial charge in [0.1, 0.15) is 5.82 Å². The molecule has 0 unspecified atom stereocenters. The fourth-order valence-corrected chi connectivity index (χ4v) is 2.32. The largest absolute Gasteiger partial charge is 0.383 e. The molecule has 0 saturated heterocycles. The topological polar surface area (TPSA) is 105 Å². The van der Waals surface area contributed by atoms with Crippen LogP contribution in [0.4, 0.5) is 11.8 Å². The van der Waals surface area contributed by atoms with E-state index in [-0.39, 0.29) is 0 Å². The van der Waals surface area contributed by atoms with Gasteiger partial charge in [-0.15, -0.1) is 0 Å². The molecule has 0 bridgehead atoms. The summed E-state index contributed by atoms with van der Waals surface area (Å²) in [6, 6.07) is 1.98. The van der Waals surface area contributed by atoms with Crippen LogP contribution in [0.25, 0.3) is 11.0 Å². The molecule has 0 amide bonds. The van der Waals surface area contributed by atoms with Crippen molar-refractivity contribution in [3.05, 3.63) is 34.8 Å². The molecule has 21 heavy (non-hydrogen) atoms. The summed E-state index contributed by atoms with van der Waals surface area (Å²) in [6.45, 7) is 6.47. The molecular formula is C14H17N7. The summed E-state index contributed by atoms with van der Waals surface area (Å²) >= 11 is 0. The molecule has 0 aromatic carbocycles. The van der Waals surface area contributed by atoms with E-state index < -0.39 is 0 Å². The third kappa shape index (κ3) is 2.49. The molecular weight excluding hydrogens is 266 g/mol. The second-order valence-corrected chi connectivity index (χ2v) is 5.09. The highest BCUT2D eigenvalue weighted by molar-refractivity contribution is 5.89. The number of nitrogens with one attached hydrogen (secondary N) is 2. The first-order valence-electron chi connectivity index (χ1n) is 6.69. The molecule has 3 rings (SSSR count). The third-order valence-electron chi connectivity index (χ3n) is 3.39. The van der Waals surface area contributed by atoms with Crippen LogP contribution in [-0.4, -0.2) is 25.1 Å². The molecule has 7 nitrogen and oxygen atoms in total. The maximum Gasteiger partial charge on any atom is 0.226 e. The molecule has 0 fully saturated rings. The van der Waals surface area contributed by atoms with E-state index >= 15 is 0 Å². The highest BCUT2D eigenvalue weighted by Gasteiger charge is 2.10. The smallest absolute Gasteiger partial charge is 0.226 e. The van der Waals surface area contributed by atoms with Gasteiger partial charge in [-0.05, 0) is 32.4 Å². The van der Waals surface area contributed by atoms with Crippen molar-refractivity contribution in [2.75, 3.05) is 11.1 Å². The van der Waals surface area contributed by atoms with Crippen molar-refractivity contribution in [1.82, 2.24) is 25.1 Å². The van der Waals surface area contributed by atoms with Gasteiger partial charge in [0.2, 0.25) is 5.95 Å². The highest BCUT2D eigenvalue weighted by Crippen LogP contribution is 2.22. The number of anilines is 2. The number of aryl methyl sites for hydroxylation is 3. The lowest BCUT2D eigenvalue weighted by Crippen LogP contribution is -2.07. The van der Waals surface area contributed by atoms with Crippen LogP contribution in [0, 0.1) is 20.8 Å². The monoisotopic (exact) mass is 283 g/mol. The van der Waals surface area contributed by atoms with E-state index in [2.05, 4.69) is 30.5 Å². The zero-order chi connectivity index (χ0) is 15.0. The number of pyridine rings is 1. The molecule has 3 aromatic rings. The second kappa shape index (κ2) is 5.01. The number of rotatable bonds is 3. The molecule has 0 saturated carbocycles. The lowest BCUT2D eigenvalue weighted by atomic mass is 10.1. The minimum Gasteiger partial charge on any atom is -0.383 e. The molecule has 0 atom stereocenters. The molecule has 3 aromatic heterocycles. The van der Waals surface area contributed by atoms with Gasteiger partial charge in [-0.2, -0.15) is 15.1 Å². The summed E-state index contributed by atoms with van der Waals surface area (Å²) in [5.41, 5.74) is 10.7. The fraction of sp³-hybridized carbons (Fsp3) is 0.286. The van der Waals surface area contributed by atoms with Crippen LogP contribution in [0.15, 0.2) is 12.3 Å². The third-order valence-corrected chi connectivity index (χ3v) is 3.39. The maximum atomic E-state index is 6.04. The number of aromatic amines is 1. The standard InChI is InChI=1S/C14H17N7/c1-7-4-8(2)18-13-11(7)12(15)19-14(20-13)16-5-10-6-17-21-9(10)3/h4,6H,5H2,1-3H3,(H,17,21)(H3,15,16,18,19,20). The van der Waals surface area contributed by atoms with Crippen LogP contribution in [0.1, 0.15) is 22.5 Å². The fourth-order valence-electron chi connectivity index (χ4n) is 2.32. The highest BCUT2D eigenvalue weighted by atomic mass is 15.1. The Balaban J connectivity index is 1.95. The molecule has 3 heterocycles. The first-order valence-corrected chi connectivity index (χ1v) is 6.69. The number of hydrogen-bond donors (Lipinski definition) is 3. The van der Waals surface area contributed by atoms with E-state index in [0.717, 1.165) is 27.9 Å². The Hall–Kier alpha value is -2.70. The molecule has 4 N–H and O–H groups in total. The quantitative estimate of drug-likeness (QED) is 0.677. The van der Waals surface area contributed by atoms with Crippen molar-refractivity contribution in [3.8, 4) is 0 Å². The number of nitrogens with two attached hydrogens (primary N) is 1.